The summed E-state index contributed by atoms with van der Waals surface area (Å²) in [6.45, 7) is 11.6. The van der Waals surface area contributed by atoms with Gasteiger partial charge in [0.1, 0.15) is 5.75 Å². The summed E-state index contributed by atoms with van der Waals surface area (Å²) in [4.78, 5) is 15.6. The van der Waals surface area contributed by atoms with Crippen LogP contribution in [0.1, 0.15) is 77.5 Å². The minimum absolute atomic E-state index is 0.0984. The first-order valence-corrected chi connectivity index (χ1v) is 15.3. The maximum Gasteiger partial charge on any atom is 0.227 e. The van der Waals surface area contributed by atoms with E-state index < -0.39 is 0 Å². The van der Waals surface area contributed by atoms with Crippen molar-refractivity contribution in [2.24, 2.45) is 0 Å². The van der Waals surface area contributed by atoms with Crippen molar-refractivity contribution in [3.05, 3.63) is 85.9 Å². The molecule has 2 unspecified atom stereocenters. The second-order valence-electron chi connectivity index (χ2n) is 11.8. The molecule has 2 aliphatic heterocycles. The lowest BCUT2D eigenvalue weighted by Gasteiger charge is -2.37. The number of halogens is 2. The Labute approximate surface area is 256 Å². The van der Waals surface area contributed by atoms with E-state index in [2.05, 4.69) is 49.4 Å². The molecule has 8 nitrogen and oxygen atoms in total. The van der Waals surface area contributed by atoms with Crippen LogP contribution in [0.2, 0.25) is 10.0 Å². The van der Waals surface area contributed by atoms with E-state index in [9.17, 15) is 4.79 Å². The summed E-state index contributed by atoms with van der Waals surface area (Å²) in [5.74, 6) is 1.36. The summed E-state index contributed by atoms with van der Waals surface area (Å²) in [5, 5.41) is 14.9. The van der Waals surface area contributed by atoms with Crippen LogP contribution in [0.4, 0.5) is 0 Å². The van der Waals surface area contributed by atoms with Crippen molar-refractivity contribution in [1.29, 1.82) is 0 Å². The lowest BCUT2D eigenvalue weighted by atomic mass is 9.89. The Bertz CT molecular complexity index is 1660. The van der Waals surface area contributed by atoms with Gasteiger partial charge in [0.25, 0.3) is 0 Å². The largest absolute Gasteiger partial charge is 0.493 e. The fraction of sp³-hybridized carbons (Fsp3) is 0.438. The number of benzene rings is 2. The summed E-state index contributed by atoms with van der Waals surface area (Å²) < 4.78 is 9.85. The zero-order valence-electron chi connectivity index (χ0n) is 24.7. The number of likely N-dealkylation sites (tertiary alicyclic amines) is 1. The predicted molar refractivity (Wildman–Crippen MR) is 164 cm³/mol. The van der Waals surface area contributed by atoms with Gasteiger partial charge in [0.2, 0.25) is 5.91 Å². The highest BCUT2D eigenvalue weighted by Crippen LogP contribution is 2.39. The molecule has 10 heteroatoms. The first-order valence-electron chi connectivity index (χ1n) is 14.6. The molecule has 0 N–H and O–H groups in total. The van der Waals surface area contributed by atoms with E-state index >= 15 is 0 Å². The minimum atomic E-state index is 0.0984. The first-order chi connectivity index (χ1) is 20.1. The van der Waals surface area contributed by atoms with Crippen molar-refractivity contribution in [3.63, 3.8) is 0 Å². The maximum atomic E-state index is 13.6. The Kier molecular flexibility index (Phi) is 7.79. The molecule has 6 rings (SSSR count). The first kappa shape index (κ1) is 28.7. The van der Waals surface area contributed by atoms with Gasteiger partial charge in [-0.25, -0.2) is 9.36 Å². The van der Waals surface area contributed by atoms with Crippen LogP contribution in [0.3, 0.4) is 0 Å². The molecule has 0 bridgehead atoms. The smallest absolute Gasteiger partial charge is 0.227 e. The van der Waals surface area contributed by atoms with E-state index in [-0.39, 0.29) is 23.9 Å². The topological polar surface area (TPSA) is 78.1 Å². The Balaban J connectivity index is 1.14. The number of carbonyl (C=O) groups is 1. The van der Waals surface area contributed by atoms with E-state index in [4.69, 9.17) is 33.0 Å². The number of piperidine rings is 1. The number of carbonyl (C=O) groups excluding carboxylic acids is 1. The van der Waals surface area contributed by atoms with Gasteiger partial charge >= 0.3 is 0 Å². The molecule has 0 saturated carbocycles. The van der Waals surface area contributed by atoms with Gasteiger partial charge in [-0.05, 0) is 71.2 Å². The SMILES string of the molecule is Cc1cc(C)c2c(c1)[C@@H](n1cc(C3CCN(C(=O)Cc4c(C)nn(-c5ccc(Cl)c(Cl)c5)c4C)C(C)C3)nn1)CCO2. The molecule has 1 fully saturated rings. The number of rotatable bonds is 5. The quantitative estimate of drug-likeness (QED) is 0.252. The summed E-state index contributed by atoms with van der Waals surface area (Å²) in [6.07, 6.45) is 5.00. The van der Waals surface area contributed by atoms with Gasteiger partial charge in [-0.3, -0.25) is 4.79 Å². The van der Waals surface area contributed by atoms with Crippen LogP contribution in [0.15, 0.2) is 36.5 Å². The predicted octanol–water partition coefficient (Wildman–Crippen LogP) is 6.71. The van der Waals surface area contributed by atoms with E-state index in [1.54, 1.807) is 12.1 Å². The van der Waals surface area contributed by atoms with Crippen molar-refractivity contribution in [3.8, 4) is 11.4 Å². The molecule has 2 aromatic heterocycles. The Hall–Kier alpha value is -3.36. The number of hydrogen-bond donors (Lipinski definition) is 0. The molecule has 0 spiro atoms. The normalized spacial score (nSPS) is 20.4. The van der Waals surface area contributed by atoms with Crippen molar-refractivity contribution in [2.75, 3.05) is 13.2 Å². The summed E-state index contributed by atoms with van der Waals surface area (Å²) in [5.41, 5.74) is 8.10. The molecule has 4 aromatic rings. The number of aryl methyl sites for hydroxylation is 3. The minimum Gasteiger partial charge on any atom is -0.493 e. The van der Waals surface area contributed by atoms with Crippen LogP contribution in [-0.2, 0) is 11.2 Å². The number of aromatic nitrogens is 5. The third-order valence-corrected chi connectivity index (χ3v) is 9.56. The highest BCUT2D eigenvalue weighted by atomic mass is 35.5. The van der Waals surface area contributed by atoms with E-state index in [1.807, 2.05) is 34.2 Å². The number of hydrogen-bond acceptors (Lipinski definition) is 5. The Morgan fingerprint density at radius 3 is 2.64 bits per heavy atom. The number of fused-ring (bicyclic) bond motifs is 1. The van der Waals surface area contributed by atoms with Gasteiger partial charge in [0.05, 0.1) is 46.2 Å². The van der Waals surface area contributed by atoms with Crippen molar-refractivity contribution >= 4 is 29.1 Å². The highest BCUT2D eigenvalue weighted by molar-refractivity contribution is 6.42. The zero-order chi connectivity index (χ0) is 29.7. The molecule has 2 aliphatic rings. The summed E-state index contributed by atoms with van der Waals surface area (Å²) in [6, 6.07) is 10.0. The molecule has 2 aromatic carbocycles. The molecule has 3 atom stereocenters. The van der Waals surface area contributed by atoms with Gasteiger partial charge in [-0.1, -0.05) is 46.1 Å². The number of ether oxygens (including phenoxy) is 1. The molecule has 1 saturated heterocycles. The average molecular weight is 608 g/mol. The maximum absolute atomic E-state index is 13.6. The van der Waals surface area contributed by atoms with Crippen molar-refractivity contribution < 1.29 is 9.53 Å². The van der Waals surface area contributed by atoms with Gasteiger partial charge in [-0.2, -0.15) is 5.10 Å². The van der Waals surface area contributed by atoms with Crippen LogP contribution in [0.25, 0.3) is 5.69 Å². The third kappa shape index (κ3) is 5.31. The van der Waals surface area contributed by atoms with Gasteiger partial charge in [0.15, 0.2) is 0 Å². The Morgan fingerprint density at radius 1 is 1.07 bits per heavy atom. The second-order valence-corrected chi connectivity index (χ2v) is 12.6. The van der Waals surface area contributed by atoms with E-state index in [0.29, 0.717) is 29.6 Å². The molecule has 1 amide bonds. The monoisotopic (exact) mass is 606 g/mol. The second kappa shape index (κ2) is 11.4. The molecule has 0 radical (unpaired) electrons. The lowest BCUT2D eigenvalue weighted by molar-refractivity contribution is -0.134. The number of nitrogens with zero attached hydrogens (tertiary/aromatic N) is 6. The Morgan fingerprint density at radius 2 is 1.88 bits per heavy atom. The lowest BCUT2D eigenvalue weighted by Crippen LogP contribution is -2.45. The van der Waals surface area contributed by atoms with Gasteiger partial charge in [0, 0.05) is 47.9 Å². The fourth-order valence-electron chi connectivity index (χ4n) is 6.63. The third-order valence-electron chi connectivity index (χ3n) is 8.82. The standard InChI is InChI=1S/C32H36Cl2N6O2/c1-18-12-19(2)32-26(13-18)30(9-11-42-32)39-17-29(35-37-39)23-8-10-38(20(3)14-23)31(41)16-25-21(4)36-40(22(25)5)24-6-7-27(33)28(34)15-24/h6-7,12-13,15,17,20,23,30H,8-11,14,16H2,1-5H3/t20?,23?,30-/m0/s1. The molecule has 42 heavy (non-hydrogen) atoms. The molecular formula is C32H36Cl2N6O2. The van der Waals surface area contributed by atoms with Gasteiger partial charge in [-0.15, -0.1) is 5.10 Å². The molecule has 220 valence electrons. The summed E-state index contributed by atoms with van der Waals surface area (Å²) in [7, 11) is 0. The van der Waals surface area contributed by atoms with E-state index in [0.717, 1.165) is 58.9 Å². The van der Waals surface area contributed by atoms with Crippen LogP contribution in [-0.4, -0.2) is 54.8 Å². The van der Waals surface area contributed by atoms with E-state index in [1.165, 1.54) is 11.1 Å². The molecular weight excluding hydrogens is 571 g/mol. The highest BCUT2D eigenvalue weighted by Gasteiger charge is 2.33. The fourth-order valence-corrected chi connectivity index (χ4v) is 6.92. The van der Waals surface area contributed by atoms with Crippen LogP contribution in [0.5, 0.6) is 5.75 Å². The molecule has 4 heterocycles. The average Bonchev–Trinajstić information content (AvgIpc) is 3.55. The van der Waals surface area contributed by atoms with Crippen LogP contribution < -0.4 is 4.74 Å². The van der Waals surface area contributed by atoms with Crippen LogP contribution in [0, 0.1) is 27.7 Å². The van der Waals surface area contributed by atoms with Crippen LogP contribution >= 0.6 is 23.2 Å². The van der Waals surface area contributed by atoms with Gasteiger partial charge < -0.3 is 9.64 Å². The zero-order valence-corrected chi connectivity index (χ0v) is 26.2. The van der Waals surface area contributed by atoms with Crippen molar-refractivity contribution in [1.82, 2.24) is 29.7 Å². The van der Waals surface area contributed by atoms with Crippen molar-refractivity contribution in [2.45, 2.75) is 78.3 Å². The number of amides is 1. The summed E-state index contributed by atoms with van der Waals surface area (Å²) >= 11 is 12.3. The molecule has 0 aliphatic carbocycles.